The standard InChI is InChI=1S/C11H19N3O4/c1-6-4-7(2-3-13-6)10(16)14-8(11(17)18)5-9(12)15/h6-8,13H,2-5H2,1H3,(H2,12,15)(H,14,16)(H,17,18)/t6?,7?,8-/m0/s1. The number of hydrogen-bond acceptors (Lipinski definition) is 4. The van der Waals surface area contributed by atoms with E-state index < -0.39 is 17.9 Å². The second kappa shape index (κ2) is 6.34. The second-order valence-electron chi connectivity index (χ2n) is 4.65. The van der Waals surface area contributed by atoms with E-state index in [1.54, 1.807) is 0 Å². The molecular weight excluding hydrogens is 238 g/mol. The fourth-order valence-corrected chi connectivity index (χ4v) is 2.06. The fourth-order valence-electron chi connectivity index (χ4n) is 2.06. The molecule has 0 spiro atoms. The summed E-state index contributed by atoms with van der Waals surface area (Å²) in [6.07, 6.45) is 0.940. The molecule has 0 bridgehead atoms. The Labute approximate surface area is 105 Å². The van der Waals surface area contributed by atoms with E-state index >= 15 is 0 Å². The van der Waals surface area contributed by atoms with Crippen molar-refractivity contribution in [3.05, 3.63) is 0 Å². The molecule has 7 heteroatoms. The normalized spacial score (nSPS) is 25.2. The Kier molecular flexibility index (Phi) is 5.08. The van der Waals surface area contributed by atoms with Gasteiger partial charge in [-0.15, -0.1) is 0 Å². The lowest BCUT2D eigenvalue weighted by Gasteiger charge is -2.28. The van der Waals surface area contributed by atoms with Crippen LogP contribution in [-0.4, -0.2) is 41.5 Å². The first-order chi connectivity index (χ1) is 8.40. The Balaban J connectivity index is 2.54. The summed E-state index contributed by atoms with van der Waals surface area (Å²) in [7, 11) is 0. The highest BCUT2D eigenvalue weighted by molar-refractivity contribution is 5.88. The van der Waals surface area contributed by atoms with E-state index in [2.05, 4.69) is 10.6 Å². The molecule has 1 saturated heterocycles. The molecule has 3 atom stereocenters. The second-order valence-corrected chi connectivity index (χ2v) is 4.65. The lowest BCUT2D eigenvalue weighted by Crippen LogP contribution is -2.48. The maximum Gasteiger partial charge on any atom is 0.326 e. The van der Waals surface area contributed by atoms with E-state index in [0.717, 1.165) is 6.54 Å². The molecule has 0 saturated carbocycles. The number of amides is 2. The zero-order chi connectivity index (χ0) is 13.7. The lowest BCUT2D eigenvalue weighted by molar-refractivity contribution is -0.144. The third-order valence-corrected chi connectivity index (χ3v) is 3.01. The predicted octanol–water partition coefficient (Wildman–Crippen LogP) is -1.18. The van der Waals surface area contributed by atoms with Crippen molar-refractivity contribution in [1.82, 2.24) is 10.6 Å². The van der Waals surface area contributed by atoms with Crippen molar-refractivity contribution in [3.8, 4) is 0 Å². The van der Waals surface area contributed by atoms with Gasteiger partial charge in [0, 0.05) is 12.0 Å². The van der Waals surface area contributed by atoms with Crippen LogP contribution < -0.4 is 16.4 Å². The molecule has 102 valence electrons. The Morgan fingerprint density at radius 1 is 1.50 bits per heavy atom. The highest BCUT2D eigenvalue weighted by atomic mass is 16.4. The first-order valence-corrected chi connectivity index (χ1v) is 5.95. The van der Waals surface area contributed by atoms with Crippen molar-refractivity contribution in [2.24, 2.45) is 11.7 Å². The quantitative estimate of drug-likeness (QED) is 0.494. The summed E-state index contributed by atoms with van der Waals surface area (Å²) in [5, 5.41) is 14.5. The van der Waals surface area contributed by atoms with Gasteiger partial charge in [-0.3, -0.25) is 9.59 Å². The number of carboxylic acid groups (broad SMARTS) is 1. The number of nitrogens with one attached hydrogen (secondary N) is 2. The third-order valence-electron chi connectivity index (χ3n) is 3.01. The minimum Gasteiger partial charge on any atom is -0.480 e. The number of hydrogen-bond donors (Lipinski definition) is 4. The Hall–Kier alpha value is -1.63. The van der Waals surface area contributed by atoms with Crippen molar-refractivity contribution in [1.29, 1.82) is 0 Å². The summed E-state index contributed by atoms with van der Waals surface area (Å²) in [5.41, 5.74) is 4.94. The first kappa shape index (κ1) is 14.4. The molecular formula is C11H19N3O4. The number of piperidine rings is 1. The molecule has 5 N–H and O–H groups in total. The van der Waals surface area contributed by atoms with Crippen LogP contribution in [0.5, 0.6) is 0 Å². The molecule has 0 aromatic carbocycles. The highest BCUT2D eigenvalue weighted by Gasteiger charge is 2.29. The van der Waals surface area contributed by atoms with Crippen molar-refractivity contribution >= 4 is 17.8 Å². The third kappa shape index (κ3) is 4.33. The van der Waals surface area contributed by atoms with Gasteiger partial charge in [0.05, 0.1) is 6.42 Å². The molecule has 2 unspecified atom stereocenters. The summed E-state index contributed by atoms with van der Waals surface area (Å²) in [5.74, 6) is -2.53. The molecule has 1 fully saturated rings. The predicted molar refractivity (Wildman–Crippen MR) is 63.6 cm³/mol. The van der Waals surface area contributed by atoms with E-state index in [4.69, 9.17) is 10.8 Å². The van der Waals surface area contributed by atoms with Crippen LogP contribution in [0.15, 0.2) is 0 Å². The van der Waals surface area contributed by atoms with Gasteiger partial charge in [-0.25, -0.2) is 4.79 Å². The molecule has 0 aromatic heterocycles. The number of carbonyl (C=O) groups excluding carboxylic acids is 2. The van der Waals surface area contributed by atoms with Crippen LogP contribution in [0.3, 0.4) is 0 Å². The average Bonchev–Trinajstić information content (AvgIpc) is 2.27. The van der Waals surface area contributed by atoms with Crippen LogP contribution in [-0.2, 0) is 14.4 Å². The number of nitrogens with two attached hydrogens (primary N) is 1. The Bertz CT molecular complexity index is 345. The van der Waals surface area contributed by atoms with Crippen molar-refractivity contribution in [2.45, 2.75) is 38.3 Å². The van der Waals surface area contributed by atoms with Crippen molar-refractivity contribution in [3.63, 3.8) is 0 Å². The summed E-state index contributed by atoms with van der Waals surface area (Å²) in [4.78, 5) is 33.5. The van der Waals surface area contributed by atoms with Gasteiger partial charge in [-0.05, 0) is 26.3 Å². The van der Waals surface area contributed by atoms with Crippen LogP contribution in [0.2, 0.25) is 0 Å². The van der Waals surface area contributed by atoms with Gasteiger partial charge in [-0.2, -0.15) is 0 Å². The van der Waals surface area contributed by atoms with E-state index in [0.29, 0.717) is 12.8 Å². The van der Waals surface area contributed by atoms with E-state index in [1.807, 2.05) is 6.92 Å². The summed E-state index contributed by atoms with van der Waals surface area (Å²) in [6, 6.07) is -1.01. The highest BCUT2D eigenvalue weighted by Crippen LogP contribution is 2.16. The van der Waals surface area contributed by atoms with Gasteiger partial charge in [0.25, 0.3) is 0 Å². The average molecular weight is 257 g/mol. The zero-order valence-corrected chi connectivity index (χ0v) is 10.3. The SMILES string of the molecule is CC1CC(C(=O)N[C@@H](CC(N)=O)C(=O)O)CCN1. The molecule has 7 nitrogen and oxygen atoms in total. The molecule has 1 rings (SSSR count). The molecule has 18 heavy (non-hydrogen) atoms. The Morgan fingerprint density at radius 2 is 2.17 bits per heavy atom. The minimum atomic E-state index is -1.25. The van der Waals surface area contributed by atoms with E-state index in [1.165, 1.54) is 0 Å². The maximum absolute atomic E-state index is 11.9. The largest absolute Gasteiger partial charge is 0.480 e. The van der Waals surface area contributed by atoms with Gasteiger partial charge in [0.1, 0.15) is 6.04 Å². The van der Waals surface area contributed by atoms with Gasteiger partial charge in [0.15, 0.2) is 0 Å². The first-order valence-electron chi connectivity index (χ1n) is 5.95. The number of primary amides is 1. The zero-order valence-electron chi connectivity index (χ0n) is 10.3. The molecule has 0 aromatic rings. The smallest absolute Gasteiger partial charge is 0.326 e. The van der Waals surface area contributed by atoms with Crippen LogP contribution in [0.4, 0.5) is 0 Å². The summed E-state index contributed by atoms with van der Waals surface area (Å²) < 4.78 is 0. The van der Waals surface area contributed by atoms with E-state index in [9.17, 15) is 14.4 Å². The maximum atomic E-state index is 11.9. The van der Waals surface area contributed by atoms with Gasteiger partial charge >= 0.3 is 5.97 Å². The summed E-state index contributed by atoms with van der Waals surface area (Å²) >= 11 is 0. The lowest BCUT2D eigenvalue weighted by atomic mass is 9.92. The van der Waals surface area contributed by atoms with Gasteiger partial charge < -0.3 is 21.5 Å². The molecule has 1 aliphatic heterocycles. The molecule has 1 heterocycles. The number of carboxylic acids is 1. The van der Waals surface area contributed by atoms with E-state index in [-0.39, 0.29) is 24.3 Å². The topological polar surface area (TPSA) is 122 Å². The Morgan fingerprint density at radius 3 is 2.67 bits per heavy atom. The fraction of sp³-hybridized carbons (Fsp3) is 0.727. The number of rotatable bonds is 5. The van der Waals surface area contributed by atoms with Crippen molar-refractivity contribution in [2.75, 3.05) is 6.54 Å². The van der Waals surface area contributed by atoms with Gasteiger partial charge in [0.2, 0.25) is 11.8 Å². The van der Waals surface area contributed by atoms with Crippen LogP contribution >= 0.6 is 0 Å². The van der Waals surface area contributed by atoms with Crippen LogP contribution in [0.1, 0.15) is 26.2 Å². The number of carbonyl (C=O) groups is 3. The van der Waals surface area contributed by atoms with Crippen LogP contribution in [0.25, 0.3) is 0 Å². The monoisotopic (exact) mass is 257 g/mol. The molecule has 1 aliphatic rings. The summed E-state index contributed by atoms with van der Waals surface area (Å²) in [6.45, 7) is 2.70. The number of aliphatic carboxylic acids is 1. The molecule has 2 amide bonds. The van der Waals surface area contributed by atoms with Crippen LogP contribution in [0, 0.1) is 5.92 Å². The van der Waals surface area contributed by atoms with Gasteiger partial charge in [-0.1, -0.05) is 0 Å². The molecule has 0 aliphatic carbocycles. The van der Waals surface area contributed by atoms with Crippen molar-refractivity contribution < 1.29 is 19.5 Å². The minimum absolute atomic E-state index is 0.212. The molecule has 0 radical (unpaired) electrons.